The molecule has 0 aliphatic carbocycles. The van der Waals surface area contributed by atoms with E-state index < -0.39 is 17.5 Å². The van der Waals surface area contributed by atoms with Gasteiger partial charge in [0.25, 0.3) is 5.91 Å². The van der Waals surface area contributed by atoms with Crippen molar-refractivity contribution in [2.45, 2.75) is 19.8 Å². The van der Waals surface area contributed by atoms with E-state index in [1.807, 2.05) is 32.0 Å². The Morgan fingerprint density at radius 1 is 1.03 bits per heavy atom. The van der Waals surface area contributed by atoms with Crippen LogP contribution in [-0.4, -0.2) is 39.4 Å². The van der Waals surface area contributed by atoms with Gasteiger partial charge in [0.2, 0.25) is 0 Å². The number of hydrogen-bond acceptors (Lipinski definition) is 6. The van der Waals surface area contributed by atoms with Gasteiger partial charge in [0.1, 0.15) is 18.0 Å². The van der Waals surface area contributed by atoms with Crippen LogP contribution in [0.15, 0.2) is 49.1 Å². The average Bonchev–Trinajstić information content (AvgIpc) is 2.83. The summed E-state index contributed by atoms with van der Waals surface area (Å²) in [5.41, 5.74) is 3.09. The first-order chi connectivity index (χ1) is 15.9. The van der Waals surface area contributed by atoms with Gasteiger partial charge in [0.05, 0.1) is 28.4 Å². The van der Waals surface area contributed by atoms with Gasteiger partial charge in [-0.1, -0.05) is 13.0 Å². The summed E-state index contributed by atoms with van der Waals surface area (Å²) in [5, 5.41) is 5.48. The summed E-state index contributed by atoms with van der Waals surface area (Å²) in [6, 6.07) is 8.51. The van der Waals surface area contributed by atoms with Crippen molar-refractivity contribution in [3.8, 4) is 11.3 Å². The van der Waals surface area contributed by atoms with E-state index in [1.165, 1.54) is 19.4 Å². The highest BCUT2D eigenvalue weighted by molar-refractivity contribution is 7.59. The van der Waals surface area contributed by atoms with Crippen molar-refractivity contribution >= 4 is 36.1 Å². The minimum absolute atomic E-state index is 0. The molecule has 0 aliphatic rings. The van der Waals surface area contributed by atoms with E-state index in [4.69, 9.17) is 0 Å². The molecular formula is C24H24F2N6OS. The Morgan fingerprint density at radius 3 is 2.53 bits per heavy atom. The second kappa shape index (κ2) is 10.5. The zero-order valence-electron chi connectivity index (χ0n) is 18.9. The van der Waals surface area contributed by atoms with Crippen LogP contribution >= 0.6 is 13.5 Å². The fourth-order valence-electron chi connectivity index (χ4n) is 3.61. The third-order valence-corrected chi connectivity index (χ3v) is 5.40. The van der Waals surface area contributed by atoms with Crippen LogP contribution in [0.4, 0.5) is 14.6 Å². The van der Waals surface area contributed by atoms with Crippen molar-refractivity contribution in [3.63, 3.8) is 0 Å². The number of halogens is 2. The van der Waals surface area contributed by atoms with Gasteiger partial charge >= 0.3 is 0 Å². The van der Waals surface area contributed by atoms with Crippen LogP contribution in [0.2, 0.25) is 0 Å². The van der Waals surface area contributed by atoms with Gasteiger partial charge in [0, 0.05) is 43.0 Å². The van der Waals surface area contributed by atoms with Crippen LogP contribution in [0, 0.1) is 18.6 Å². The van der Waals surface area contributed by atoms with Crippen LogP contribution in [0.5, 0.6) is 0 Å². The van der Waals surface area contributed by atoms with Crippen LogP contribution in [0.1, 0.15) is 34.5 Å². The highest BCUT2D eigenvalue weighted by Gasteiger charge is 2.22. The largest absolute Gasteiger partial charge is 0.369 e. The van der Waals surface area contributed by atoms with Gasteiger partial charge in [0.15, 0.2) is 5.82 Å². The number of anilines is 1. The van der Waals surface area contributed by atoms with Gasteiger partial charge in [-0.05, 0) is 30.7 Å². The molecule has 0 bridgehead atoms. The fraction of sp³-hybridized carbons (Fsp3) is 0.208. The first-order valence-electron chi connectivity index (χ1n) is 10.4. The number of carbonyl (C=O) groups excluding carboxylic acids is 1. The summed E-state index contributed by atoms with van der Waals surface area (Å²) in [6.45, 7) is 4.28. The number of rotatable bonds is 6. The maximum Gasteiger partial charge on any atom is 0.254 e. The molecule has 4 aromatic rings. The standard InChI is InChI=1S/C24H22F2N6O.H2S/c1-13(9-29-20-8-19(31-12-32-20)15-5-4-14(2)28-10-15)16-6-7-17(25)21-22(24(33)27-3)18(26)11-30-23(16)21;/h4-8,10-13H,9H2,1-3H3,(H,27,33)(H,29,31,32);1H2/t13-;/m1./s1. The van der Waals surface area contributed by atoms with Gasteiger partial charge in [-0.15, -0.1) is 0 Å². The summed E-state index contributed by atoms with van der Waals surface area (Å²) < 4.78 is 28.9. The first-order valence-corrected chi connectivity index (χ1v) is 10.4. The molecule has 0 fully saturated rings. The lowest BCUT2D eigenvalue weighted by atomic mass is 9.95. The van der Waals surface area contributed by atoms with Crippen molar-refractivity contribution in [3.05, 3.63) is 77.5 Å². The molecule has 0 saturated carbocycles. The highest BCUT2D eigenvalue weighted by Crippen LogP contribution is 2.30. The molecule has 0 spiro atoms. The predicted octanol–water partition coefficient (Wildman–Crippen LogP) is 4.36. The first kappa shape index (κ1) is 25.0. The molecular weight excluding hydrogens is 458 g/mol. The maximum absolute atomic E-state index is 14.6. The molecule has 1 amide bonds. The van der Waals surface area contributed by atoms with E-state index in [0.29, 0.717) is 17.9 Å². The lowest BCUT2D eigenvalue weighted by Crippen LogP contribution is -2.21. The average molecular weight is 483 g/mol. The molecule has 0 unspecified atom stereocenters. The van der Waals surface area contributed by atoms with Crippen molar-refractivity contribution < 1.29 is 13.6 Å². The summed E-state index contributed by atoms with van der Waals surface area (Å²) in [4.78, 5) is 29.1. The number of aromatic nitrogens is 4. The second-order valence-corrected chi connectivity index (χ2v) is 7.68. The molecule has 34 heavy (non-hydrogen) atoms. The lowest BCUT2D eigenvalue weighted by molar-refractivity contribution is 0.0960. The smallest absolute Gasteiger partial charge is 0.254 e. The fourth-order valence-corrected chi connectivity index (χ4v) is 3.61. The number of amides is 1. The Morgan fingerprint density at radius 2 is 1.82 bits per heavy atom. The number of pyridine rings is 2. The molecule has 0 radical (unpaired) electrons. The van der Waals surface area contributed by atoms with E-state index in [2.05, 4.69) is 30.6 Å². The van der Waals surface area contributed by atoms with Crippen molar-refractivity contribution in [2.24, 2.45) is 0 Å². The molecule has 0 aliphatic heterocycles. The minimum Gasteiger partial charge on any atom is -0.369 e. The Labute approximate surface area is 202 Å². The van der Waals surface area contributed by atoms with Crippen molar-refractivity contribution in [1.29, 1.82) is 0 Å². The molecule has 7 nitrogen and oxygen atoms in total. The van der Waals surface area contributed by atoms with Crippen molar-refractivity contribution in [2.75, 3.05) is 18.9 Å². The number of benzene rings is 1. The molecule has 176 valence electrons. The normalized spacial score (nSPS) is 11.6. The third-order valence-electron chi connectivity index (χ3n) is 5.40. The SMILES string of the molecule is CNC(=O)c1c(F)cnc2c([C@H](C)CNc3cc(-c4ccc(C)nc4)ncn3)ccc(F)c12.S. The Balaban J connectivity index is 0.00000324. The minimum atomic E-state index is -0.872. The quantitative estimate of drug-likeness (QED) is 0.424. The maximum atomic E-state index is 14.6. The van der Waals surface area contributed by atoms with Crippen LogP contribution in [0.25, 0.3) is 22.2 Å². The van der Waals surface area contributed by atoms with Crippen LogP contribution < -0.4 is 10.6 Å². The number of fused-ring (bicyclic) bond motifs is 1. The third kappa shape index (κ3) is 4.96. The molecule has 3 heterocycles. The predicted molar refractivity (Wildman–Crippen MR) is 132 cm³/mol. The number of aryl methyl sites for hydroxylation is 1. The van der Waals surface area contributed by atoms with Gasteiger partial charge in [-0.3, -0.25) is 14.8 Å². The molecule has 2 N–H and O–H groups in total. The Kier molecular flexibility index (Phi) is 7.72. The zero-order chi connectivity index (χ0) is 23.5. The topological polar surface area (TPSA) is 92.7 Å². The zero-order valence-corrected chi connectivity index (χ0v) is 19.9. The van der Waals surface area contributed by atoms with E-state index in [1.54, 1.807) is 12.3 Å². The van der Waals surface area contributed by atoms with Gasteiger partial charge in [-0.25, -0.2) is 18.7 Å². The summed E-state index contributed by atoms with van der Waals surface area (Å²) in [5.74, 6) is -1.82. The summed E-state index contributed by atoms with van der Waals surface area (Å²) in [7, 11) is 1.37. The van der Waals surface area contributed by atoms with E-state index in [0.717, 1.165) is 23.1 Å². The highest BCUT2D eigenvalue weighted by atomic mass is 32.1. The molecule has 1 aromatic carbocycles. The Hall–Kier alpha value is -3.66. The Bertz CT molecular complexity index is 1330. The molecule has 1 atom stereocenters. The van der Waals surface area contributed by atoms with Gasteiger partial charge in [-0.2, -0.15) is 13.5 Å². The number of nitrogens with one attached hydrogen (secondary N) is 2. The van der Waals surface area contributed by atoms with Crippen LogP contribution in [0.3, 0.4) is 0 Å². The van der Waals surface area contributed by atoms with E-state index >= 15 is 0 Å². The number of carbonyl (C=O) groups is 1. The molecule has 0 saturated heterocycles. The van der Waals surface area contributed by atoms with E-state index in [9.17, 15) is 13.6 Å². The lowest BCUT2D eigenvalue weighted by Gasteiger charge is -2.17. The van der Waals surface area contributed by atoms with Gasteiger partial charge < -0.3 is 10.6 Å². The summed E-state index contributed by atoms with van der Waals surface area (Å²) >= 11 is 0. The van der Waals surface area contributed by atoms with Crippen LogP contribution in [-0.2, 0) is 0 Å². The monoisotopic (exact) mass is 482 g/mol. The van der Waals surface area contributed by atoms with Crippen molar-refractivity contribution in [1.82, 2.24) is 25.3 Å². The van der Waals surface area contributed by atoms with E-state index in [-0.39, 0.29) is 35.9 Å². The molecule has 4 rings (SSSR count). The number of nitrogens with zero attached hydrogens (tertiary/aromatic N) is 4. The second-order valence-electron chi connectivity index (χ2n) is 7.68. The summed E-state index contributed by atoms with van der Waals surface area (Å²) in [6.07, 6.45) is 4.17. The molecule has 3 aromatic heterocycles. The molecule has 10 heteroatoms. The number of hydrogen-bond donors (Lipinski definition) is 2.